The lowest BCUT2D eigenvalue weighted by atomic mass is 10.0. The van der Waals surface area contributed by atoms with Crippen molar-refractivity contribution in [2.75, 3.05) is 40.9 Å². The molecule has 78 heavy (non-hydrogen) atoms. The summed E-state index contributed by atoms with van der Waals surface area (Å²) in [6.45, 7) is 4.51. The lowest BCUT2D eigenvalue weighted by Gasteiger charge is -2.29. The highest BCUT2D eigenvalue weighted by atomic mass is 31.2. The molecule has 0 radical (unpaired) electrons. The van der Waals surface area contributed by atoms with E-state index in [1.54, 1.807) is 6.08 Å². The molecule has 3 atom stereocenters. The van der Waals surface area contributed by atoms with Crippen LogP contribution in [0.2, 0.25) is 0 Å². The molecule has 8 nitrogen and oxygen atoms in total. The van der Waals surface area contributed by atoms with Gasteiger partial charge in [0.15, 0.2) is 0 Å². The number of quaternary nitrogens is 1. The number of allylic oxidation sites excluding steroid dienone is 19. The topological polar surface area (TPSA) is 108 Å². The maximum absolute atomic E-state index is 13.0. The van der Waals surface area contributed by atoms with E-state index in [2.05, 4.69) is 129 Å². The second-order valence-electron chi connectivity index (χ2n) is 22.4. The lowest BCUT2D eigenvalue weighted by molar-refractivity contribution is -0.870. The SMILES string of the molecule is CC/C=C\C/C=C\C/C=C\C/C=C\C/C=C\C/C=C\C/C=C\C/C=C\CCCCCCCCC(=O)NC(COP(=O)([O-])OCC[N+](C)(C)C)C(O)/C=C/CC/C=C/CCCCCCCCCCCCCCCCCCCCC. The molecule has 448 valence electrons. The van der Waals surface area contributed by atoms with Crippen LogP contribution in [0.1, 0.15) is 258 Å². The van der Waals surface area contributed by atoms with Gasteiger partial charge in [-0.2, -0.15) is 0 Å². The summed E-state index contributed by atoms with van der Waals surface area (Å²) in [7, 11) is 1.22. The van der Waals surface area contributed by atoms with E-state index in [1.165, 1.54) is 122 Å². The minimum Gasteiger partial charge on any atom is -0.756 e. The highest BCUT2D eigenvalue weighted by molar-refractivity contribution is 7.45. The minimum atomic E-state index is -4.62. The quantitative estimate of drug-likeness (QED) is 0.0272. The molecule has 0 aromatic heterocycles. The summed E-state index contributed by atoms with van der Waals surface area (Å²) in [5.74, 6) is -0.225. The average Bonchev–Trinajstić information content (AvgIpc) is 3.41. The van der Waals surface area contributed by atoms with E-state index in [1.807, 2.05) is 27.2 Å². The fraction of sp³-hybridized carbons (Fsp3) is 0.696. The Labute approximate surface area is 482 Å². The van der Waals surface area contributed by atoms with Crippen molar-refractivity contribution < 1.29 is 32.9 Å². The number of unbranched alkanes of at least 4 members (excludes halogenated alkanes) is 26. The Bertz CT molecular complexity index is 1680. The van der Waals surface area contributed by atoms with Crippen LogP contribution < -0.4 is 10.2 Å². The van der Waals surface area contributed by atoms with Crippen LogP contribution in [-0.2, 0) is 18.4 Å². The summed E-state index contributed by atoms with van der Waals surface area (Å²) in [6, 6.07) is -0.922. The Morgan fingerprint density at radius 2 is 0.795 bits per heavy atom. The van der Waals surface area contributed by atoms with Gasteiger partial charge in [-0.3, -0.25) is 9.36 Å². The Balaban J connectivity index is 4.27. The Hall–Kier alpha value is -3.10. The maximum Gasteiger partial charge on any atom is 0.268 e. The van der Waals surface area contributed by atoms with Crippen molar-refractivity contribution in [2.45, 2.75) is 270 Å². The highest BCUT2D eigenvalue weighted by Crippen LogP contribution is 2.38. The molecule has 0 bridgehead atoms. The van der Waals surface area contributed by atoms with E-state index in [9.17, 15) is 19.4 Å². The molecule has 0 aromatic carbocycles. The largest absolute Gasteiger partial charge is 0.756 e. The molecule has 0 aliphatic rings. The molecule has 3 unspecified atom stereocenters. The van der Waals surface area contributed by atoms with Gasteiger partial charge in [-0.05, 0) is 96.3 Å². The molecule has 0 saturated heterocycles. The van der Waals surface area contributed by atoms with Crippen molar-refractivity contribution >= 4 is 13.7 Å². The van der Waals surface area contributed by atoms with Crippen LogP contribution in [0.3, 0.4) is 0 Å². The number of phosphoric acid groups is 1. The number of hydrogen-bond acceptors (Lipinski definition) is 6. The molecule has 1 amide bonds. The molecule has 9 heteroatoms. The van der Waals surface area contributed by atoms with Crippen molar-refractivity contribution in [3.8, 4) is 0 Å². The van der Waals surface area contributed by atoms with Crippen molar-refractivity contribution in [2.24, 2.45) is 0 Å². The predicted molar refractivity (Wildman–Crippen MR) is 339 cm³/mol. The van der Waals surface area contributed by atoms with Crippen LogP contribution >= 0.6 is 7.82 Å². The highest BCUT2D eigenvalue weighted by Gasteiger charge is 2.23. The number of nitrogens with one attached hydrogen (secondary N) is 1. The molecular formula is C69H121N2O6P. The van der Waals surface area contributed by atoms with E-state index in [0.717, 1.165) is 116 Å². The van der Waals surface area contributed by atoms with Crippen LogP contribution in [-0.4, -0.2) is 68.5 Å². The number of nitrogens with zero attached hydrogens (tertiary/aromatic N) is 1. The number of rotatable bonds is 57. The normalized spacial score (nSPS) is 14.6. The number of likely N-dealkylation sites (N-methyl/N-ethyl adjacent to an activating group) is 1. The smallest absolute Gasteiger partial charge is 0.268 e. The van der Waals surface area contributed by atoms with Gasteiger partial charge in [-0.25, -0.2) is 0 Å². The van der Waals surface area contributed by atoms with E-state index >= 15 is 0 Å². The minimum absolute atomic E-state index is 0.0159. The number of carbonyl (C=O) groups is 1. The molecule has 0 heterocycles. The first kappa shape index (κ1) is 74.9. The van der Waals surface area contributed by atoms with Gasteiger partial charge < -0.3 is 28.8 Å². The number of aliphatic hydroxyl groups excluding tert-OH is 1. The van der Waals surface area contributed by atoms with Crippen LogP contribution in [0.4, 0.5) is 0 Å². The van der Waals surface area contributed by atoms with E-state index in [4.69, 9.17) is 9.05 Å². The second-order valence-corrected chi connectivity index (χ2v) is 23.8. The Kier molecular flexibility index (Phi) is 56.2. The van der Waals surface area contributed by atoms with Gasteiger partial charge in [0.25, 0.3) is 7.82 Å². The molecule has 0 aliphatic carbocycles. The molecule has 0 aromatic rings. The molecule has 0 fully saturated rings. The number of aliphatic hydroxyl groups is 1. The standard InChI is InChI=1S/C69H121N2O6P/c1-6-8-10-12-14-16-18-20-22-24-26-28-30-32-33-34-35-36-37-39-41-43-45-47-49-51-53-55-57-59-61-63-69(73)70-67(66-77-78(74,75)76-65-64-71(3,4)5)68(72)62-60-58-56-54-52-50-48-46-44-42-40-38-31-29-27-25-23-21-19-17-15-13-11-9-7-2/h8,10,14,16,20,22,26,28,32-33,35-36,39,41,45,47,52,54,60,62,67-68,72H,6-7,9,11-13,15,17-19,21,23-25,27,29-31,34,37-38,40,42-44,46,48-51,53,55-59,61,63-66H2,1-5H3,(H-,70,73,74,75)/b10-8-,16-14-,22-20-,28-26-,33-32-,36-35-,41-39-,47-45-,54-52+,62-60+. The van der Waals surface area contributed by atoms with Crippen LogP contribution in [0.15, 0.2) is 122 Å². The monoisotopic (exact) mass is 1100 g/mol. The van der Waals surface area contributed by atoms with Crippen LogP contribution in [0.25, 0.3) is 0 Å². The number of amides is 1. The van der Waals surface area contributed by atoms with Crippen molar-refractivity contribution in [1.29, 1.82) is 0 Å². The first-order chi connectivity index (χ1) is 38.0. The van der Waals surface area contributed by atoms with Gasteiger partial charge in [-0.15, -0.1) is 0 Å². The van der Waals surface area contributed by atoms with Crippen LogP contribution in [0, 0.1) is 0 Å². The summed E-state index contributed by atoms with van der Waals surface area (Å²) in [4.78, 5) is 25.6. The van der Waals surface area contributed by atoms with Gasteiger partial charge in [-0.1, -0.05) is 277 Å². The third-order valence-electron chi connectivity index (χ3n) is 13.7. The molecule has 2 N–H and O–H groups in total. The zero-order chi connectivity index (χ0) is 57.0. The maximum atomic E-state index is 13.0. The van der Waals surface area contributed by atoms with Crippen molar-refractivity contribution in [1.82, 2.24) is 5.32 Å². The Morgan fingerprint density at radius 1 is 0.462 bits per heavy atom. The van der Waals surface area contributed by atoms with Gasteiger partial charge in [0, 0.05) is 6.42 Å². The predicted octanol–water partition coefficient (Wildman–Crippen LogP) is 19.5. The zero-order valence-corrected chi connectivity index (χ0v) is 52.0. The number of hydrogen-bond donors (Lipinski definition) is 2. The number of carbonyl (C=O) groups excluding carboxylic acids is 1. The van der Waals surface area contributed by atoms with E-state index in [-0.39, 0.29) is 12.5 Å². The molecule has 0 saturated carbocycles. The molecule has 0 aliphatic heterocycles. The summed E-state index contributed by atoms with van der Waals surface area (Å²) in [5.41, 5.74) is 0. The first-order valence-electron chi connectivity index (χ1n) is 31.9. The van der Waals surface area contributed by atoms with E-state index in [0.29, 0.717) is 17.4 Å². The van der Waals surface area contributed by atoms with Gasteiger partial charge in [0.05, 0.1) is 39.9 Å². The fourth-order valence-corrected chi connectivity index (χ4v) is 9.44. The summed E-state index contributed by atoms with van der Waals surface area (Å²) < 4.78 is 23.4. The third-order valence-corrected chi connectivity index (χ3v) is 14.6. The van der Waals surface area contributed by atoms with Crippen LogP contribution in [0.5, 0.6) is 0 Å². The van der Waals surface area contributed by atoms with Gasteiger partial charge in [0.1, 0.15) is 13.2 Å². The first-order valence-corrected chi connectivity index (χ1v) is 33.4. The van der Waals surface area contributed by atoms with Gasteiger partial charge >= 0.3 is 0 Å². The summed E-state index contributed by atoms with van der Waals surface area (Å²) >= 11 is 0. The fourth-order valence-electron chi connectivity index (χ4n) is 8.71. The molecule has 0 rings (SSSR count). The second kappa shape index (κ2) is 58.6. The third kappa shape index (κ3) is 60.5. The van der Waals surface area contributed by atoms with Crippen molar-refractivity contribution in [3.63, 3.8) is 0 Å². The van der Waals surface area contributed by atoms with Crippen molar-refractivity contribution in [3.05, 3.63) is 122 Å². The number of phosphoric ester groups is 1. The molecule has 0 spiro atoms. The summed E-state index contributed by atoms with van der Waals surface area (Å²) in [5, 5.41) is 13.9. The zero-order valence-electron chi connectivity index (χ0n) is 51.1. The average molecular weight is 1110 g/mol. The van der Waals surface area contributed by atoms with E-state index < -0.39 is 26.6 Å². The van der Waals surface area contributed by atoms with Gasteiger partial charge in [0.2, 0.25) is 5.91 Å². The summed E-state index contributed by atoms with van der Waals surface area (Å²) in [6.07, 6.45) is 87.2. The Morgan fingerprint density at radius 3 is 1.19 bits per heavy atom. The lowest BCUT2D eigenvalue weighted by Crippen LogP contribution is -2.45. The molecular weight excluding hydrogens is 984 g/mol.